The van der Waals surface area contributed by atoms with E-state index >= 15 is 0 Å². The topological polar surface area (TPSA) is 60.4 Å². The van der Waals surface area contributed by atoms with Crippen LogP contribution in [-0.4, -0.2) is 11.1 Å². The largest absolute Gasteiger partial charge is 0.872 e. The first-order chi connectivity index (χ1) is 7.96. The summed E-state index contributed by atoms with van der Waals surface area (Å²) in [6.07, 6.45) is 0. The van der Waals surface area contributed by atoms with Gasteiger partial charge in [-0.25, -0.2) is 4.79 Å². The van der Waals surface area contributed by atoms with E-state index in [2.05, 4.69) is 0 Å². The van der Waals surface area contributed by atoms with Crippen LogP contribution in [-0.2, 0) is 10.8 Å². The quantitative estimate of drug-likeness (QED) is 0.832. The fraction of sp³-hybridized carbons (Fsp3) is 0.533. The van der Waals surface area contributed by atoms with Crippen LogP contribution in [0.3, 0.4) is 0 Å². The molecule has 1 N–H and O–H groups in total. The molecule has 0 saturated carbocycles. The Kier molecular flexibility index (Phi) is 3.48. The van der Waals surface area contributed by atoms with Gasteiger partial charge < -0.3 is 10.2 Å². The van der Waals surface area contributed by atoms with E-state index in [0.29, 0.717) is 11.1 Å². The van der Waals surface area contributed by atoms with Crippen LogP contribution in [0.4, 0.5) is 0 Å². The highest BCUT2D eigenvalue weighted by Crippen LogP contribution is 2.40. The number of hydrogen-bond acceptors (Lipinski definition) is 2. The Morgan fingerprint density at radius 3 is 1.78 bits per heavy atom. The van der Waals surface area contributed by atoms with Crippen molar-refractivity contribution in [2.75, 3.05) is 0 Å². The van der Waals surface area contributed by atoms with Crippen LogP contribution in [0.15, 0.2) is 12.1 Å². The molecule has 0 aromatic heterocycles. The highest BCUT2D eigenvalue weighted by molar-refractivity contribution is 5.91. The number of carbonyl (C=O) groups is 1. The molecule has 0 unspecified atom stereocenters. The molecule has 100 valence electrons. The molecular weight excluding hydrogens is 228 g/mol. The van der Waals surface area contributed by atoms with Crippen LogP contribution in [0, 0.1) is 0 Å². The van der Waals surface area contributed by atoms with Crippen molar-refractivity contribution in [3.63, 3.8) is 0 Å². The number of carboxylic acid groups (broad SMARTS) is 1. The third-order valence-corrected chi connectivity index (χ3v) is 2.90. The van der Waals surface area contributed by atoms with Crippen molar-refractivity contribution in [3.8, 4) is 5.75 Å². The van der Waals surface area contributed by atoms with E-state index in [9.17, 15) is 15.0 Å². The number of hydrogen-bond donors (Lipinski definition) is 1. The third kappa shape index (κ3) is 2.66. The second-order valence-corrected chi connectivity index (χ2v) is 6.67. The van der Waals surface area contributed by atoms with Gasteiger partial charge in [0.2, 0.25) is 0 Å². The lowest BCUT2D eigenvalue weighted by Gasteiger charge is -2.35. The van der Waals surface area contributed by atoms with Gasteiger partial charge in [0.1, 0.15) is 0 Å². The Morgan fingerprint density at radius 2 is 1.44 bits per heavy atom. The van der Waals surface area contributed by atoms with Crippen molar-refractivity contribution in [2.45, 2.75) is 52.4 Å². The maximum atomic E-state index is 12.1. The number of benzene rings is 1. The molecule has 1 aromatic rings. The fourth-order valence-electron chi connectivity index (χ4n) is 2.29. The van der Waals surface area contributed by atoms with Gasteiger partial charge in [-0.05, 0) is 28.0 Å². The van der Waals surface area contributed by atoms with E-state index < -0.39 is 5.97 Å². The van der Waals surface area contributed by atoms with Gasteiger partial charge in [0, 0.05) is 0 Å². The molecule has 3 heteroatoms. The molecule has 0 fully saturated rings. The second kappa shape index (κ2) is 4.30. The minimum absolute atomic E-state index is 0.0857. The van der Waals surface area contributed by atoms with Crippen molar-refractivity contribution in [1.82, 2.24) is 0 Å². The van der Waals surface area contributed by atoms with Gasteiger partial charge in [-0.15, -0.1) is 5.75 Å². The van der Waals surface area contributed by atoms with Gasteiger partial charge in [0.25, 0.3) is 0 Å². The lowest BCUT2D eigenvalue weighted by molar-refractivity contribution is -0.270. The molecule has 18 heavy (non-hydrogen) atoms. The molecule has 0 radical (unpaired) electrons. The highest BCUT2D eigenvalue weighted by Gasteiger charge is 2.30. The summed E-state index contributed by atoms with van der Waals surface area (Å²) in [5.41, 5.74) is 0.735. The standard InChI is InChI=1S/C15H22O3/c1-14(2,3)11-9(13(17)18)7-8-10(16)12(11)15(4,5)6/h7-8,16H,1-6H3,(H,17,18)/p-1. The molecule has 0 amide bonds. The summed E-state index contributed by atoms with van der Waals surface area (Å²) in [7, 11) is 0. The van der Waals surface area contributed by atoms with E-state index in [4.69, 9.17) is 0 Å². The van der Waals surface area contributed by atoms with Crippen molar-refractivity contribution in [1.29, 1.82) is 0 Å². The van der Waals surface area contributed by atoms with Gasteiger partial charge in [0.05, 0.1) is 5.56 Å². The number of carboxylic acids is 1. The Hall–Kier alpha value is -1.51. The van der Waals surface area contributed by atoms with E-state index in [1.165, 1.54) is 12.1 Å². The first kappa shape index (κ1) is 14.6. The molecule has 0 heterocycles. The zero-order chi connectivity index (χ0) is 14.3. The summed E-state index contributed by atoms with van der Waals surface area (Å²) in [4.78, 5) is 11.4. The minimum Gasteiger partial charge on any atom is -0.872 e. The average Bonchev–Trinajstić information content (AvgIpc) is 2.13. The summed E-state index contributed by atoms with van der Waals surface area (Å²) in [5, 5.41) is 21.4. The van der Waals surface area contributed by atoms with Crippen molar-refractivity contribution < 1.29 is 15.0 Å². The van der Waals surface area contributed by atoms with Crippen LogP contribution in [0.25, 0.3) is 0 Å². The Morgan fingerprint density at radius 1 is 1.00 bits per heavy atom. The maximum Gasteiger partial charge on any atom is 0.335 e. The van der Waals surface area contributed by atoms with Crippen molar-refractivity contribution in [3.05, 3.63) is 28.8 Å². The van der Waals surface area contributed by atoms with Crippen LogP contribution >= 0.6 is 0 Å². The zero-order valence-electron chi connectivity index (χ0n) is 11.9. The molecule has 0 bridgehead atoms. The van der Waals surface area contributed by atoms with Gasteiger partial charge in [-0.3, -0.25) is 0 Å². The highest BCUT2D eigenvalue weighted by atomic mass is 16.4. The third-order valence-electron chi connectivity index (χ3n) is 2.90. The van der Waals surface area contributed by atoms with Gasteiger partial charge >= 0.3 is 5.97 Å². The summed E-state index contributed by atoms with van der Waals surface area (Å²) < 4.78 is 0. The maximum absolute atomic E-state index is 12.1. The van der Waals surface area contributed by atoms with Crippen LogP contribution in [0.1, 0.15) is 63.0 Å². The zero-order valence-corrected chi connectivity index (χ0v) is 11.9. The summed E-state index contributed by atoms with van der Waals surface area (Å²) in [6, 6.07) is 2.78. The van der Waals surface area contributed by atoms with Crippen molar-refractivity contribution >= 4 is 5.97 Å². The summed E-state index contributed by atoms with van der Waals surface area (Å²) in [6.45, 7) is 11.6. The first-order valence-corrected chi connectivity index (χ1v) is 6.04. The Bertz CT molecular complexity index is 474. The smallest absolute Gasteiger partial charge is 0.335 e. The molecule has 0 atom stereocenters. The summed E-state index contributed by atoms with van der Waals surface area (Å²) in [5.74, 6) is -1.07. The first-order valence-electron chi connectivity index (χ1n) is 6.04. The number of rotatable bonds is 1. The fourth-order valence-corrected chi connectivity index (χ4v) is 2.29. The SMILES string of the molecule is CC(C)(C)c1c([O-])ccc(C(=O)O)c1C(C)(C)C. The molecule has 0 aliphatic rings. The lowest BCUT2D eigenvalue weighted by atomic mass is 9.72. The molecule has 1 aromatic carbocycles. The normalized spacial score (nSPS) is 12.6. The van der Waals surface area contributed by atoms with E-state index in [1.54, 1.807) is 0 Å². The average molecular weight is 249 g/mol. The molecule has 0 aliphatic heterocycles. The summed E-state index contributed by atoms with van der Waals surface area (Å²) >= 11 is 0. The second-order valence-electron chi connectivity index (χ2n) is 6.67. The molecule has 3 nitrogen and oxygen atoms in total. The lowest BCUT2D eigenvalue weighted by Crippen LogP contribution is -2.26. The molecule has 0 saturated heterocycles. The van der Waals surface area contributed by atoms with Gasteiger partial charge in [-0.1, -0.05) is 47.6 Å². The monoisotopic (exact) mass is 249 g/mol. The molecular formula is C15H21O3-. The van der Waals surface area contributed by atoms with E-state index in [1.807, 2.05) is 41.5 Å². The van der Waals surface area contributed by atoms with E-state index in [-0.39, 0.29) is 22.1 Å². The molecule has 1 rings (SSSR count). The Balaban J connectivity index is 3.79. The predicted octanol–water partition coefficient (Wildman–Crippen LogP) is 3.05. The van der Waals surface area contributed by atoms with Crippen LogP contribution < -0.4 is 5.11 Å². The van der Waals surface area contributed by atoms with Gasteiger partial charge in [-0.2, -0.15) is 0 Å². The van der Waals surface area contributed by atoms with Crippen LogP contribution in [0.5, 0.6) is 5.75 Å². The minimum atomic E-state index is -0.981. The molecule has 0 spiro atoms. The van der Waals surface area contributed by atoms with E-state index in [0.717, 1.165) is 0 Å². The Labute approximate surface area is 108 Å². The molecule has 0 aliphatic carbocycles. The number of aromatic carboxylic acids is 1. The van der Waals surface area contributed by atoms with Crippen LogP contribution in [0.2, 0.25) is 0 Å². The predicted molar refractivity (Wildman–Crippen MR) is 70.2 cm³/mol. The van der Waals surface area contributed by atoms with Crippen molar-refractivity contribution in [2.24, 2.45) is 0 Å². The van der Waals surface area contributed by atoms with Gasteiger partial charge in [0.15, 0.2) is 0 Å².